The van der Waals surface area contributed by atoms with Crippen LogP contribution in [0.25, 0.3) is 0 Å². The van der Waals surface area contributed by atoms with Crippen LogP contribution in [0.1, 0.15) is 0 Å². The van der Waals surface area contributed by atoms with Gasteiger partial charge in [0, 0.05) is 12.4 Å². The van der Waals surface area contributed by atoms with E-state index in [1.54, 1.807) is 0 Å². The molecule has 82 valence electrons. The number of rotatable bonds is 2. The molecule has 1 heterocycles. The van der Waals surface area contributed by atoms with Crippen molar-refractivity contribution < 1.29 is 8.42 Å². The third kappa shape index (κ3) is 2.75. The second-order valence-electron chi connectivity index (χ2n) is 2.47. The molecule has 7 nitrogen and oxygen atoms in total. The van der Waals surface area contributed by atoms with Gasteiger partial charge in [0.2, 0.25) is 5.96 Å². The average Bonchev–Trinajstić information content (AvgIpc) is 2.17. The summed E-state index contributed by atoms with van der Waals surface area (Å²) in [6.45, 7) is 0. The molecule has 0 aromatic carbocycles. The van der Waals surface area contributed by atoms with Crippen LogP contribution in [0.15, 0.2) is 27.8 Å². The zero-order valence-electron chi connectivity index (χ0n) is 7.47. The van der Waals surface area contributed by atoms with Crippen LogP contribution in [0.2, 0.25) is 0 Å². The molecule has 0 fully saturated rings. The van der Waals surface area contributed by atoms with Gasteiger partial charge in [-0.1, -0.05) is 12.2 Å². The van der Waals surface area contributed by atoms with Crippen LogP contribution in [-0.4, -0.2) is 19.4 Å². The third-order valence-corrected chi connectivity index (χ3v) is 3.25. The van der Waals surface area contributed by atoms with Crippen LogP contribution >= 0.6 is 12.2 Å². The molecular weight excluding hydrogens is 238 g/mol. The number of pyridine rings is 1. The minimum atomic E-state index is -3.92. The zero-order chi connectivity index (χ0) is 11.5. The molecule has 9 heteroatoms. The first kappa shape index (κ1) is 11.6. The number of nitrogens with two attached hydrogens (primary N) is 2. The lowest BCUT2D eigenvalue weighted by molar-refractivity contribution is 0.597. The summed E-state index contributed by atoms with van der Waals surface area (Å²) < 4.78 is 26.5. The Kier molecular flexibility index (Phi) is 3.39. The lowest BCUT2D eigenvalue weighted by Crippen LogP contribution is -2.37. The molecule has 0 spiro atoms. The van der Waals surface area contributed by atoms with Crippen molar-refractivity contribution in [3.63, 3.8) is 0 Å². The number of hydrogen-bond donors (Lipinski definition) is 4. The number of H-pyrrole nitrogens is 1. The second kappa shape index (κ2) is 4.38. The predicted molar refractivity (Wildman–Crippen MR) is 57.8 cm³/mol. The fraction of sp³-hybridized carbons (Fsp3) is 0. The smallest absolute Gasteiger partial charge is 0.288 e. The predicted octanol–water partition coefficient (Wildman–Crippen LogP) is -0.789. The molecule has 0 aliphatic carbocycles. The van der Waals surface area contributed by atoms with Crippen molar-refractivity contribution in [3.8, 4) is 0 Å². The van der Waals surface area contributed by atoms with Gasteiger partial charge in [-0.3, -0.25) is 5.43 Å². The van der Waals surface area contributed by atoms with Gasteiger partial charge in [-0.2, -0.15) is 8.42 Å². The van der Waals surface area contributed by atoms with Crippen LogP contribution in [0.5, 0.6) is 0 Å². The highest BCUT2D eigenvalue weighted by molar-refractivity contribution is 7.90. The van der Waals surface area contributed by atoms with E-state index in [4.69, 9.17) is 23.8 Å². The van der Waals surface area contributed by atoms with Gasteiger partial charge < -0.3 is 10.7 Å². The molecule has 0 saturated heterocycles. The number of aromatic amines is 1. The van der Waals surface area contributed by atoms with Crippen molar-refractivity contribution in [2.75, 3.05) is 0 Å². The minimum Gasteiger partial charge on any atom is -0.368 e. The molecule has 15 heavy (non-hydrogen) atoms. The van der Waals surface area contributed by atoms with Gasteiger partial charge in [-0.25, -0.2) is 5.84 Å². The third-order valence-electron chi connectivity index (χ3n) is 1.43. The fourth-order valence-electron chi connectivity index (χ4n) is 0.807. The van der Waals surface area contributed by atoms with E-state index in [2.05, 4.69) is 9.38 Å². The second-order valence-corrected chi connectivity index (χ2v) is 4.48. The van der Waals surface area contributed by atoms with E-state index < -0.39 is 16.0 Å². The van der Waals surface area contributed by atoms with Gasteiger partial charge in [0.15, 0.2) is 0 Å². The summed E-state index contributed by atoms with van der Waals surface area (Å²) in [5, 5.41) is 0. The van der Waals surface area contributed by atoms with Crippen molar-refractivity contribution in [1.82, 2.24) is 10.4 Å². The number of guanidine groups is 1. The molecule has 1 aromatic heterocycles. The fourth-order valence-corrected chi connectivity index (χ4v) is 2.20. The molecule has 0 saturated carbocycles. The summed E-state index contributed by atoms with van der Waals surface area (Å²) in [7, 11) is -3.92. The Hall–Kier alpha value is -1.45. The van der Waals surface area contributed by atoms with Crippen molar-refractivity contribution in [1.29, 1.82) is 0 Å². The van der Waals surface area contributed by atoms with E-state index in [0.717, 1.165) is 0 Å². The SMILES string of the molecule is NN/C(N)=N/S(=O)(=O)c1c[nH]ccc1=S. The van der Waals surface area contributed by atoms with Crippen LogP contribution in [-0.2, 0) is 10.0 Å². The summed E-state index contributed by atoms with van der Waals surface area (Å²) in [5.41, 5.74) is 7.05. The van der Waals surface area contributed by atoms with E-state index >= 15 is 0 Å². The van der Waals surface area contributed by atoms with E-state index in [0.29, 0.717) is 0 Å². The molecule has 0 atom stereocenters. The van der Waals surface area contributed by atoms with Gasteiger partial charge in [0.25, 0.3) is 10.0 Å². The number of sulfonamides is 1. The van der Waals surface area contributed by atoms with Crippen LogP contribution in [0, 0.1) is 4.51 Å². The molecule has 0 aliphatic heterocycles. The average molecular weight is 247 g/mol. The normalized spacial score (nSPS) is 12.5. The molecule has 6 N–H and O–H groups in total. The van der Waals surface area contributed by atoms with Crippen LogP contribution in [0.3, 0.4) is 0 Å². The Morgan fingerprint density at radius 3 is 2.80 bits per heavy atom. The van der Waals surface area contributed by atoms with Crippen LogP contribution < -0.4 is 17.0 Å². The highest BCUT2D eigenvalue weighted by atomic mass is 32.2. The monoisotopic (exact) mass is 247 g/mol. The first-order valence-electron chi connectivity index (χ1n) is 3.71. The number of hydrazine groups is 1. The highest BCUT2D eigenvalue weighted by Gasteiger charge is 2.14. The van der Waals surface area contributed by atoms with Gasteiger partial charge in [0.1, 0.15) is 4.90 Å². The molecule has 0 amide bonds. The van der Waals surface area contributed by atoms with E-state index in [-0.39, 0.29) is 9.41 Å². The summed E-state index contributed by atoms with van der Waals surface area (Å²) in [6.07, 6.45) is 2.74. The molecule has 1 rings (SSSR count). The molecule has 0 aliphatic rings. The Balaban J connectivity index is 3.31. The quantitative estimate of drug-likeness (QED) is 0.178. The Bertz CT molecular complexity index is 532. The Morgan fingerprint density at radius 1 is 1.60 bits per heavy atom. The lowest BCUT2D eigenvalue weighted by atomic mass is 10.5. The largest absolute Gasteiger partial charge is 0.368 e. The summed E-state index contributed by atoms with van der Waals surface area (Å²) in [4.78, 5) is 2.46. The number of hydrogen-bond acceptors (Lipinski definition) is 4. The van der Waals surface area contributed by atoms with Gasteiger partial charge >= 0.3 is 0 Å². The zero-order valence-corrected chi connectivity index (χ0v) is 9.10. The van der Waals surface area contributed by atoms with E-state index in [9.17, 15) is 8.42 Å². The maximum absolute atomic E-state index is 11.6. The summed E-state index contributed by atoms with van der Waals surface area (Å²) in [5.74, 6) is 4.48. The molecular formula is C6H9N5O2S2. The van der Waals surface area contributed by atoms with E-state index in [1.165, 1.54) is 18.5 Å². The minimum absolute atomic E-state index is 0.127. The number of nitrogens with zero attached hydrogens (tertiary/aromatic N) is 1. The highest BCUT2D eigenvalue weighted by Crippen LogP contribution is 2.11. The first-order chi connectivity index (χ1) is 6.97. The Labute approximate surface area is 91.2 Å². The molecule has 1 aromatic rings. The first-order valence-corrected chi connectivity index (χ1v) is 5.56. The molecule has 0 bridgehead atoms. The standard InChI is InChI=1S/C6H9N5O2S2/c7-6(10-8)11-15(12,13)5-3-9-2-1-4(5)14/h1-3H,8H2,(H,9,14)(H3,7,10,11). The number of aromatic nitrogens is 1. The van der Waals surface area contributed by atoms with Crippen molar-refractivity contribution in [2.24, 2.45) is 16.0 Å². The molecule has 0 radical (unpaired) electrons. The summed E-state index contributed by atoms with van der Waals surface area (Å²) >= 11 is 4.83. The van der Waals surface area contributed by atoms with Gasteiger partial charge in [-0.05, 0) is 6.07 Å². The molecule has 0 unspecified atom stereocenters. The maximum atomic E-state index is 11.6. The van der Waals surface area contributed by atoms with E-state index in [1.807, 2.05) is 5.43 Å². The number of nitrogens with one attached hydrogen (secondary N) is 2. The van der Waals surface area contributed by atoms with Crippen molar-refractivity contribution >= 4 is 28.2 Å². The Morgan fingerprint density at radius 2 is 2.27 bits per heavy atom. The van der Waals surface area contributed by atoms with Crippen LogP contribution in [0.4, 0.5) is 0 Å². The maximum Gasteiger partial charge on any atom is 0.288 e. The summed E-state index contributed by atoms with van der Waals surface area (Å²) in [6, 6.07) is 1.43. The van der Waals surface area contributed by atoms with Crippen molar-refractivity contribution in [2.45, 2.75) is 4.90 Å². The van der Waals surface area contributed by atoms with Gasteiger partial charge in [0.05, 0.1) is 4.51 Å². The topological polar surface area (TPSA) is 126 Å². The van der Waals surface area contributed by atoms with Crippen molar-refractivity contribution in [3.05, 3.63) is 23.0 Å². The van der Waals surface area contributed by atoms with Gasteiger partial charge in [-0.15, -0.1) is 4.40 Å². The lowest BCUT2D eigenvalue weighted by Gasteiger charge is -2.00.